The number of amides is 1. The number of rotatable bonds is 5. The summed E-state index contributed by atoms with van der Waals surface area (Å²) in [4.78, 5) is 12.4. The van der Waals surface area contributed by atoms with E-state index in [-0.39, 0.29) is 26.2 Å². The molecule has 1 fully saturated rings. The molecular formula is C21H13BrCl3F3N2O. The van der Waals surface area contributed by atoms with Crippen LogP contribution < -0.4 is 5.32 Å². The number of nitrogens with one attached hydrogen (secondary N) is 1. The average molecular weight is 553 g/mol. The molecule has 1 N–H and O–H groups in total. The molecule has 0 spiro atoms. The first kappa shape index (κ1) is 23.9. The van der Waals surface area contributed by atoms with Gasteiger partial charge in [0.25, 0.3) is 5.91 Å². The second-order valence-corrected chi connectivity index (χ2v) is 9.11. The summed E-state index contributed by atoms with van der Waals surface area (Å²) < 4.78 is 41.4. The number of allylic oxidation sites excluding steroid dienone is 1. The van der Waals surface area contributed by atoms with Gasteiger partial charge >= 0.3 is 6.18 Å². The van der Waals surface area contributed by atoms with Crippen LogP contribution in [0.15, 0.2) is 40.9 Å². The predicted octanol–water partition coefficient (Wildman–Crippen LogP) is 7.55. The van der Waals surface area contributed by atoms with Gasteiger partial charge in [-0.3, -0.25) is 4.79 Å². The van der Waals surface area contributed by atoms with Crippen LogP contribution in [0.2, 0.25) is 15.1 Å². The number of nitrogens with zero attached hydrogens (tertiary/aromatic N) is 1. The van der Waals surface area contributed by atoms with Crippen LogP contribution in [-0.4, -0.2) is 17.6 Å². The molecule has 162 valence electrons. The first-order valence-electron chi connectivity index (χ1n) is 8.88. The van der Waals surface area contributed by atoms with E-state index in [1.54, 1.807) is 0 Å². The number of halogens is 7. The van der Waals surface area contributed by atoms with E-state index in [0.29, 0.717) is 22.9 Å². The summed E-state index contributed by atoms with van der Waals surface area (Å²) in [6.07, 6.45) is -1.15. The highest BCUT2D eigenvalue weighted by Crippen LogP contribution is 2.41. The lowest BCUT2D eigenvalue weighted by molar-refractivity contribution is -0.139. The summed E-state index contributed by atoms with van der Waals surface area (Å²) in [5.41, 5.74) is -0.257. The lowest BCUT2D eigenvalue weighted by atomic mass is 9.97. The van der Waals surface area contributed by atoms with Gasteiger partial charge < -0.3 is 5.32 Å². The zero-order valence-corrected chi connectivity index (χ0v) is 19.4. The Balaban J connectivity index is 1.85. The molecule has 0 radical (unpaired) electrons. The third-order valence-electron chi connectivity index (χ3n) is 4.75. The fraction of sp³-hybridized carbons (Fsp3) is 0.238. The predicted molar refractivity (Wildman–Crippen MR) is 118 cm³/mol. The van der Waals surface area contributed by atoms with Gasteiger partial charge in [-0.1, -0.05) is 53.0 Å². The van der Waals surface area contributed by atoms with Crippen LogP contribution in [0.25, 0.3) is 6.08 Å². The van der Waals surface area contributed by atoms with Gasteiger partial charge in [0.15, 0.2) is 0 Å². The minimum atomic E-state index is -4.59. The molecule has 0 aromatic heterocycles. The standard InChI is InChI=1S/C21H13BrCl3F3N2O/c22-15-7-11(1-3-13(15)19(31)30-20(10-29)5-6-20)2-4-14(21(26,27)28)12-8-16(23)18(25)17(24)9-12/h1-4,7-9,14H,5-6H2,(H,30,31). The highest BCUT2D eigenvalue weighted by Gasteiger charge is 2.45. The van der Waals surface area contributed by atoms with Crippen molar-refractivity contribution in [3.63, 3.8) is 0 Å². The Labute approximate surface area is 199 Å². The van der Waals surface area contributed by atoms with E-state index in [2.05, 4.69) is 27.3 Å². The van der Waals surface area contributed by atoms with Crippen LogP contribution in [0.4, 0.5) is 13.2 Å². The lowest BCUT2D eigenvalue weighted by Crippen LogP contribution is -2.35. The van der Waals surface area contributed by atoms with Crippen molar-refractivity contribution in [2.24, 2.45) is 0 Å². The van der Waals surface area contributed by atoms with Crippen LogP contribution >= 0.6 is 50.7 Å². The van der Waals surface area contributed by atoms with Gasteiger partial charge in [-0.15, -0.1) is 0 Å². The molecule has 3 rings (SSSR count). The van der Waals surface area contributed by atoms with Crippen molar-refractivity contribution in [3.05, 3.63) is 72.6 Å². The summed E-state index contributed by atoms with van der Waals surface area (Å²) in [5, 5.41) is 11.6. The zero-order valence-electron chi connectivity index (χ0n) is 15.5. The molecule has 10 heteroatoms. The highest BCUT2D eigenvalue weighted by atomic mass is 79.9. The second-order valence-electron chi connectivity index (χ2n) is 7.06. The quantitative estimate of drug-likeness (QED) is 0.390. The minimum Gasteiger partial charge on any atom is -0.334 e. The Bertz CT molecular complexity index is 1090. The number of hydrogen-bond donors (Lipinski definition) is 1. The topological polar surface area (TPSA) is 52.9 Å². The van der Waals surface area contributed by atoms with Gasteiger partial charge in [0, 0.05) is 4.47 Å². The van der Waals surface area contributed by atoms with Gasteiger partial charge in [-0.05, 0) is 64.2 Å². The summed E-state index contributed by atoms with van der Waals surface area (Å²) >= 11 is 20.9. The Morgan fingerprint density at radius 2 is 1.81 bits per heavy atom. The summed E-state index contributed by atoms with van der Waals surface area (Å²) in [5.74, 6) is -2.40. The Hall–Kier alpha value is -1.72. The summed E-state index contributed by atoms with van der Waals surface area (Å²) in [7, 11) is 0. The number of alkyl halides is 3. The molecule has 1 saturated carbocycles. The minimum absolute atomic E-state index is 0.0147. The van der Waals surface area contributed by atoms with Gasteiger partial charge in [0.05, 0.1) is 32.6 Å². The second kappa shape index (κ2) is 9.03. The molecule has 3 nitrogen and oxygen atoms in total. The maximum atomic E-state index is 13.7. The molecule has 1 amide bonds. The van der Waals surface area contributed by atoms with Crippen molar-refractivity contribution in [2.45, 2.75) is 30.5 Å². The molecular weight excluding hydrogens is 540 g/mol. The van der Waals surface area contributed by atoms with Gasteiger partial charge in [0.1, 0.15) is 5.54 Å². The van der Waals surface area contributed by atoms with Gasteiger partial charge in [-0.25, -0.2) is 0 Å². The molecule has 0 heterocycles. The molecule has 1 aliphatic carbocycles. The zero-order chi connectivity index (χ0) is 23.0. The van der Waals surface area contributed by atoms with E-state index >= 15 is 0 Å². The first-order valence-corrected chi connectivity index (χ1v) is 10.8. The maximum Gasteiger partial charge on any atom is 0.399 e. The molecule has 31 heavy (non-hydrogen) atoms. The normalized spacial score (nSPS) is 16.1. The Morgan fingerprint density at radius 1 is 1.19 bits per heavy atom. The van der Waals surface area contributed by atoms with E-state index in [1.807, 2.05) is 0 Å². The molecule has 2 aromatic rings. The number of nitriles is 1. The van der Waals surface area contributed by atoms with E-state index in [0.717, 1.165) is 18.2 Å². The largest absolute Gasteiger partial charge is 0.399 e. The first-order chi connectivity index (χ1) is 14.5. The monoisotopic (exact) mass is 550 g/mol. The third kappa shape index (κ3) is 5.56. The van der Waals surface area contributed by atoms with Gasteiger partial charge in [-0.2, -0.15) is 18.4 Å². The number of hydrogen-bond acceptors (Lipinski definition) is 2. The maximum absolute atomic E-state index is 13.7. The summed E-state index contributed by atoms with van der Waals surface area (Å²) in [6.45, 7) is 0. The number of carbonyl (C=O) groups is 1. The highest BCUT2D eigenvalue weighted by molar-refractivity contribution is 9.10. The van der Waals surface area contributed by atoms with E-state index < -0.39 is 23.5 Å². The molecule has 0 saturated heterocycles. The van der Waals surface area contributed by atoms with Crippen LogP contribution in [0, 0.1) is 11.3 Å². The fourth-order valence-corrected chi connectivity index (χ4v) is 4.05. The average Bonchev–Trinajstić information content (AvgIpc) is 3.45. The number of benzene rings is 2. The van der Waals surface area contributed by atoms with Crippen molar-refractivity contribution in [3.8, 4) is 6.07 Å². The number of carbonyl (C=O) groups excluding carboxylic acids is 1. The Kier molecular flexibility index (Phi) is 6.97. The smallest absolute Gasteiger partial charge is 0.334 e. The van der Waals surface area contributed by atoms with Crippen LogP contribution in [0.5, 0.6) is 0 Å². The fourth-order valence-electron chi connectivity index (χ4n) is 2.86. The van der Waals surface area contributed by atoms with Crippen molar-refractivity contribution >= 4 is 62.7 Å². The molecule has 0 aliphatic heterocycles. The molecule has 0 bridgehead atoms. The molecule has 1 unspecified atom stereocenters. The SMILES string of the molecule is N#CC1(NC(=O)c2ccc(C=CC(c3cc(Cl)c(Cl)c(Cl)c3)C(F)(F)F)cc2Br)CC1. The van der Waals surface area contributed by atoms with Crippen LogP contribution in [0.3, 0.4) is 0 Å². The van der Waals surface area contributed by atoms with Crippen molar-refractivity contribution in [1.82, 2.24) is 5.32 Å². The molecule has 1 aliphatic rings. The van der Waals surface area contributed by atoms with E-state index in [1.165, 1.54) is 24.3 Å². The molecule has 1 atom stereocenters. The summed E-state index contributed by atoms with van der Waals surface area (Å²) in [6, 6.07) is 8.83. The van der Waals surface area contributed by atoms with Crippen molar-refractivity contribution < 1.29 is 18.0 Å². The van der Waals surface area contributed by atoms with E-state index in [9.17, 15) is 18.0 Å². The third-order valence-corrected chi connectivity index (χ3v) is 6.61. The van der Waals surface area contributed by atoms with Crippen molar-refractivity contribution in [2.75, 3.05) is 0 Å². The Morgan fingerprint density at radius 3 is 2.29 bits per heavy atom. The van der Waals surface area contributed by atoms with Crippen LogP contribution in [-0.2, 0) is 0 Å². The molecule has 2 aromatic carbocycles. The van der Waals surface area contributed by atoms with Crippen LogP contribution in [0.1, 0.15) is 40.2 Å². The van der Waals surface area contributed by atoms with E-state index in [4.69, 9.17) is 40.1 Å². The van der Waals surface area contributed by atoms with Gasteiger partial charge in [0.2, 0.25) is 0 Å². The lowest BCUT2D eigenvalue weighted by Gasteiger charge is -2.18. The van der Waals surface area contributed by atoms with Crippen molar-refractivity contribution in [1.29, 1.82) is 5.26 Å².